The van der Waals surface area contributed by atoms with Gasteiger partial charge in [-0.15, -0.1) is 0 Å². The number of β-amino-alcohol motifs (C(OH)–C–C–N with tert-alkyl or cyclic N) is 1. The molecule has 13 heteroatoms. The number of alkyl halides is 6. The Labute approximate surface area is 206 Å². The monoisotopic (exact) mass is 535 g/mol. The van der Waals surface area contributed by atoms with Gasteiger partial charge in [0.1, 0.15) is 5.60 Å². The lowest BCUT2D eigenvalue weighted by molar-refractivity contribution is -0.269. The zero-order valence-corrected chi connectivity index (χ0v) is 19.1. The second-order valence-electron chi connectivity index (χ2n) is 8.84. The number of amides is 2. The minimum atomic E-state index is -5.12. The fraction of sp³-hybridized carbons (Fsp3) is 0.348. The molecule has 2 aromatic carbocycles. The van der Waals surface area contributed by atoms with Gasteiger partial charge in [-0.2, -0.15) is 26.3 Å². The molecule has 4 N–H and O–H groups in total. The van der Waals surface area contributed by atoms with Crippen molar-refractivity contribution in [3.63, 3.8) is 0 Å². The molecule has 6 nitrogen and oxygen atoms in total. The minimum absolute atomic E-state index is 0.0952. The Morgan fingerprint density at radius 2 is 1.75 bits per heavy atom. The third kappa shape index (κ3) is 4.97. The van der Waals surface area contributed by atoms with Crippen LogP contribution in [0.1, 0.15) is 28.7 Å². The van der Waals surface area contributed by atoms with E-state index in [9.17, 15) is 36.2 Å². The Balaban J connectivity index is 1.56. The third-order valence-corrected chi connectivity index (χ3v) is 6.39. The number of likely N-dealkylation sites (tertiary alicyclic amines) is 1. The maximum Gasteiger partial charge on any atom is 0.428 e. The largest absolute Gasteiger partial charge is 0.428 e. The summed E-state index contributed by atoms with van der Waals surface area (Å²) in [5.74, 6) is 0. The number of carbonyl (C=O) groups excluding carboxylic acids is 1. The van der Waals surface area contributed by atoms with E-state index in [0.717, 1.165) is 11.6 Å². The van der Waals surface area contributed by atoms with Gasteiger partial charge in [0.05, 0.1) is 24.4 Å². The van der Waals surface area contributed by atoms with Crippen molar-refractivity contribution in [2.45, 2.75) is 36.4 Å². The first-order valence-electron chi connectivity index (χ1n) is 10.6. The summed E-state index contributed by atoms with van der Waals surface area (Å²) in [6, 6.07) is 7.36. The van der Waals surface area contributed by atoms with Crippen LogP contribution in [0.2, 0.25) is 5.02 Å². The molecule has 4 rings (SSSR count). The van der Waals surface area contributed by atoms with Crippen LogP contribution in [-0.4, -0.2) is 40.9 Å². The molecule has 0 spiro atoms. The summed E-state index contributed by atoms with van der Waals surface area (Å²) < 4.78 is 82.1. The standard InChI is InChI=1S/C23H20ClF6N3O3/c24-17-8-15(7-16(9-17)22(25,26)27)21(23(28,29)30)10-18(32-36-21)14-3-1-13(2-4-14)5-6-20(35)11-33(12-20)19(31)34/h1-4,7-10,32,35H,5-6,11-12H2,(H2,31,34). The lowest BCUT2D eigenvalue weighted by Crippen LogP contribution is -2.64. The summed E-state index contributed by atoms with van der Waals surface area (Å²) in [4.78, 5) is 17.3. The van der Waals surface area contributed by atoms with Gasteiger partial charge in [0.2, 0.25) is 5.60 Å². The van der Waals surface area contributed by atoms with E-state index in [1.807, 2.05) is 0 Å². The van der Waals surface area contributed by atoms with E-state index in [4.69, 9.17) is 22.2 Å². The number of rotatable bonds is 5. The van der Waals surface area contributed by atoms with E-state index in [1.54, 1.807) is 12.1 Å². The fourth-order valence-electron chi connectivity index (χ4n) is 4.16. The number of aryl methyl sites for hydroxylation is 1. The predicted octanol–water partition coefficient (Wildman–Crippen LogP) is 4.75. The molecular formula is C23H20ClF6N3O3. The first kappa shape index (κ1) is 26.1. The molecule has 2 heterocycles. The number of aliphatic hydroxyl groups is 1. The second-order valence-corrected chi connectivity index (χ2v) is 9.27. The van der Waals surface area contributed by atoms with Crippen molar-refractivity contribution >= 4 is 23.3 Å². The highest BCUT2D eigenvalue weighted by Crippen LogP contribution is 2.49. The topological polar surface area (TPSA) is 87.8 Å². The number of benzene rings is 2. The number of nitrogens with one attached hydrogen (secondary N) is 1. The molecule has 1 unspecified atom stereocenters. The fourth-order valence-corrected chi connectivity index (χ4v) is 4.39. The van der Waals surface area contributed by atoms with Crippen molar-refractivity contribution < 1.29 is 41.1 Å². The van der Waals surface area contributed by atoms with E-state index in [0.29, 0.717) is 36.6 Å². The summed E-state index contributed by atoms with van der Waals surface area (Å²) in [7, 11) is 0. The molecule has 36 heavy (non-hydrogen) atoms. The van der Waals surface area contributed by atoms with Gasteiger partial charge in [0.25, 0.3) is 0 Å². The van der Waals surface area contributed by atoms with E-state index in [-0.39, 0.29) is 18.8 Å². The van der Waals surface area contributed by atoms with Crippen LogP contribution in [0.3, 0.4) is 0 Å². The van der Waals surface area contributed by atoms with Crippen LogP contribution in [0.15, 0.2) is 48.5 Å². The normalized spacial score (nSPS) is 21.6. The summed E-state index contributed by atoms with van der Waals surface area (Å²) >= 11 is 5.71. The van der Waals surface area contributed by atoms with Crippen LogP contribution >= 0.6 is 11.6 Å². The molecule has 1 fully saturated rings. The van der Waals surface area contributed by atoms with Crippen LogP contribution in [0, 0.1) is 0 Å². The summed E-state index contributed by atoms with van der Waals surface area (Å²) in [5.41, 5.74) is 1.88. The van der Waals surface area contributed by atoms with Gasteiger partial charge in [-0.25, -0.2) is 4.79 Å². The SMILES string of the molecule is NC(=O)N1CC(O)(CCc2ccc(C3=CC(c4cc(Cl)cc(C(F)(F)F)c4)(C(F)(F)F)ON3)cc2)C1. The predicted molar refractivity (Wildman–Crippen MR) is 117 cm³/mol. The van der Waals surface area contributed by atoms with Crippen LogP contribution in [0.5, 0.6) is 0 Å². The van der Waals surface area contributed by atoms with Crippen molar-refractivity contribution in [3.8, 4) is 0 Å². The Morgan fingerprint density at radius 1 is 1.11 bits per heavy atom. The Bertz CT molecular complexity index is 1190. The number of halogens is 7. The molecule has 1 saturated heterocycles. The Kier molecular flexibility index (Phi) is 6.42. The van der Waals surface area contributed by atoms with Crippen LogP contribution in [-0.2, 0) is 23.0 Å². The minimum Gasteiger partial charge on any atom is -0.386 e. The van der Waals surface area contributed by atoms with E-state index >= 15 is 0 Å². The molecule has 0 aromatic heterocycles. The zero-order valence-electron chi connectivity index (χ0n) is 18.4. The number of nitrogens with two attached hydrogens (primary N) is 1. The number of primary amides is 1. The third-order valence-electron chi connectivity index (χ3n) is 6.17. The lowest BCUT2D eigenvalue weighted by Gasteiger charge is -2.45. The van der Waals surface area contributed by atoms with Crippen molar-refractivity contribution in [2.24, 2.45) is 5.73 Å². The average molecular weight is 536 g/mol. The number of hydroxylamine groups is 1. The van der Waals surface area contributed by atoms with Gasteiger partial charge in [0.15, 0.2) is 0 Å². The first-order chi connectivity index (χ1) is 16.6. The Hall–Kier alpha value is -2.96. The molecular weight excluding hydrogens is 516 g/mol. The van der Waals surface area contributed by atoms with Gasteiger partial charge in [-0.05, 0) is 48.2 Å². The quantitative estimate of drug-likeness (QED) is 0.482. The lowest BCUT2D eigenvalue weighted by atomic mass is 9.87. The molecule has 1 atom stereocenters. The molecule has 2 aliphatic rings. The summed E-state index contributed by atoms with van der Waals surface area (Å²) in [6.07, 6.45) is -8.59. The van der Waals surface area contributed by atoms with Crippen LogP contribution in [0.4, 0.5) is 31.1 Å². The number of hydrogen-bond donors (Lipinski definition) is 3. The molecule has 0 saturated carbocycles. The smallest absolute Gasteiger partial charge is 0.386 e. The summed E-state index contributed by atoms with van der Waals surface area (Å²) in [5, 5.41) is 9.85. The molecule has 0 bridgehead atoms. The number of hydrogen-bond acceptors (Lipinski definition) is 4. The van der Waals surface area contributed by atoms with Crippen molar-refractivity contribution in [2.75, 3.05) is 13.1 Å². The van der Waals surface area contributed by atoms with Crippen molar-refractivity contribution in [1.82, 2.24) is 10.4 Å². The van der Waals surface area contributed by atoms with Crippen LogP contribution in [0.25, 0.3) is 5.70 Å². The molecule has 2 aromatic rings. The van der Waals surface area contributed by atoms with Crippen molar-refractivity contribution in [1.29, 1.82) is 0 Å². The van der Waals surface area contributed by atoms with E-state index < -0.39 is 45.7 Å². The van der Waals surface area contributed by atoms with Gasteiger partial charge in [-0.1, -0.05) is 35.9 Å². The van der Waals surface area contributed by atoms with Gasteiger partial charge < -0.3 is 15.7 Å². The van der Waals surface area contributed by atoms with Crippen LogP contribution < -0.4 is 11.2 Å². The van der Waals surface area contributed by atoms with E-state index in [1.165, 1.54) is 17.0 Å². The maximum atomic E-state index is 14.2. The number of nitrogens with zero attached hydrogens (tertiary/aromatic N) is 1. The number of urea groups is 1. The zero-order chi connectivity index (χ0) is 26.5. The molecule has 2 amide bonds. The molecule has 0 radical (unpaired) electrons. The molecule has 2 aliphatic heterocycles. The van der Waals surface area contributed by atoms with Gasteiger partial charge >= 0.3 is 18.4 Å². The van der Waals surface area contributed by atoms with E-state index in [2.05, 4.69) is 5.48 Å². The molecule has 0 aliphatic carbocycles. The second kappa shape index (κ2) is 8.86. The average Bonchev–Trinajstić information content (AvgIpc) is 3.22. The highest BCUT2D eigenvalue weighted by atomic mass is 35.5. The van der Waals surface area contributed by atoms with Gasteiger partial charge in [0, 0.05) is 10.6 Å². The maximum absolute atomic E-state index is 14.2. The Morgan fingerprint density at radius 3 is 2.31 bits per heavy atom. The summed E-state index contributed by atoms with van der Waals surface area (Å²) in [6.45, 7) is 0.237. The van der Waals surface area contributed by atoms with Crippen molar-refractivity contribution in [3.05, 3.63) is 75.8 Å². The molecule has 194 valence electrons. The first-order valence-corrected chi connectivity index (χ1v) is 11.0. The number of carbonyl (C=O) groups is 1. The van der Waals surface area contributed by atoms with Gasteiger partial charge in [-0.3, -0.25) is 10.3 Å². The highest BCUT2D eigenvalue weighted by molar-refractivity contribution is 6.30. The highest BCUT2D eigenvalue weighted by Gasteiger charge is 2.60.